The van der Waals surface area contributed by atoms with E-state index in [2.05, 4.69) is 61.2 Å². The highest BCUT2D eigenvalue weighted by molar-refractivity contribution is 9.10. The van der Waals surface area contributed by atoms with Crippen molar-refractivity contribution in [2.24, 2.45) is 0 Å². The van der Waals surface area contributed by atoms with E-state index in [1.165, 1.54) is 0 Å². The van der Waals surface area contributed by atoms with Gasteiger partial charge in [-0.05, 0) is 40.0 Å². The first-order chi connectivity index (χ1) is 19.0. The van der Waals surface area contributed by atoms with Crippen LogP contribution in [0.2, 0.25) is 0 Å². The quantitative estimate of drug-likeness (QED) is 0.344. The summed E-state index contributed by atoms with van der Waals surface area (Å²) in [6, 6.07) is -2.95. The Kier molecular flexibility index (Phi) is 5.29. The molecule has 0 fully saturated rings. The van der Waals surface area contributed by atoms with Crippen LogP contribution >= 0.6 is 31.9 Å². The van der Waals surface area contributed by atoms with Gasteiger partial charge in [-0.1, -0.05) is 34.9 Å². The van der Waals surface area contributed by atoms with Crippen LogP contribution in [0.4, 0.5) is 5.82 Å². The largest absolute Gasteiger partial charge is 0.473 e. The third-order valence-corrected chi connectivity index (χ3v) is 5.11. The van der Waals surface area contributed by atoms with Crippen molar-refractivity contribution < 1.29 is 30.2 Å². The predicted octanol–water partition coefficient (Wildman–Crippen LogP) is 3.57. The number of nitrogens with one attached hydrogen (secondary N) is 2. The zero-order chi connectivity index (χ0) is 30.9. The first-order valence-corrected chi connectivity index (χ1v) is 11.8. The second-order valence-corrected chi connectivity index (χ2v) is 8.71. The molecule has 2 N–H and O–H groups in total. The van der Waals surface area contributed by atoms with Crippen LogP contribution in [0.5, 0.6) is 11.9 Å². The summed E-state index contributed by atoms with van der Waals surface area (Å²) >= 11 is 5.93. The number of anilines is 1. The SMILES string of the molecule is [2H]c1nc(NS(=O)(=O)NCCC)c(-c2c([2H])c([2H])c(Br)c([2H])c2[2H])c(OC([2H])([2H])COc2nc([2H])c(Br)c([2H])n2)n1. The lowest BCUT2D eigenvalue weighted by molar-refractivity contribution is 0.202. The van der Waals surface area contributed by atoms with E-state index in [1.54, 1.807) is 6.92 Å². The van der Waals surface area contributed by atoms with E-state index < -0.39 is 95.0 Å². The number of nitrogens with zero attached hydrogens (tertiary/aromatic N) is 4. The van der Waals surface area contributed by atoms with Gasteiger partial charge in [0.1, 0.15) is 20.8 Å². The Hall–Kier alpha value is -2.35. The third kappa shape index (κ3) is 7.08. The van der Waals surface area contributed by atoms with Gasteiger partial charge < -0.3 is 9.47 Å². The van der Waals surface area contributed by atoms with Gasteiger partial charge in [-0.3, -0.25) is 4.72 Å². The van der Waals surface area contributed by atoms with E-state index >= 15 is 0 Å². The maximum atomic E-state index is 12.6. The fourth-order valence-corrected chi connectivity index (χ4v) is 3.35. The molecular weight excluding hydrogens is 568 g/mol. The molecule has 10 nitrogen and oxygen atoms in total. The summed E-state index contributed by atoms with van der Waals surface area (Å²) in [6.07, 6.45) is -1.21. The lowest BCUT2D eigenvalue weighted by atomic mass is 10.1. The zero-order valence-electron chi connectivity index (χ0n) is 25.2. The summed E-state index contributed by atoms with van der Waals surface area (Å²) in [5, 5.41) is 0. The number of hydrogen-bond acceptors (Lipinski definition) is 8. The Morgan fingerprint density at radius 3 is 2.47 bits per heavy atom. The van der Waals surface area contributed by atoms with Crippen LogP contribution in [0.1, 0.15) is 25.7 Å². The van der Waals surface area contributed by atoms with Crippen LogP contribution in [0.15, 0.2) is 51.8 Å². The number of rotatable bonds is 11. The number of ether oxygens (including phenoxy) is 2. The highest BCUT2D eigenvalue weighted by Gasteiger charge is 2.19. The maximum absolute atomic E-state index is 12.6. The molecule has 0 bridgehead atoms. The Morgan fingerprint density at radius 2 is 1.78 bits per heavy atom. The molecule has 3 rings (SSSR count). The number of hydrogen-bond donors (Lipinski definition) is 2. The number of aromatic nitrogens is 4. The van der Waals surface area contributed by atoms with Gasteiger partial charge in [0, 0.05) is 23.4 Å². The van der Waals surface area contributed by atoms with Gasteiger partial charge in [0.25, 0.3) is 10.2 Å². The Bertz CT molecular complexity index is 1550. The van der Waals surface area contributed by atoms with Crippen LogP contribution in [0.25, 0.3) is 11.1 Å². The predicted molar refractivity (Wildman–Crippen MR) is 127 cm³/mol. The second kappa shape index (κ2) is 11.5. The average Bonchev–Trinajstić information content (AvgIpc) is 2.88. The van der Waals surface area contributed by atoms with Crippen molar-refractivity contribution in [3.63, 3.8) is 0 Å². The van der Waals surface area contributed by atoms with Crippen molar-refractivity contribution in [3.8, 4) is 23.0 Å². The van der Waals surface area contributed by atoms with Crippen LogP contribution in [-0.2, 0) is 10.2 Å². The summed E-state index contributed by atoms with van der Waals surface area (Å²) in [5.74, 6) is -1.49. The minimum atomic E-state index is -4.35. The van der Waals surface area contributed by atoms with E-state index in [1.807, 2.05) is 0 Å². The minimum Gasteiger partial charge on any atom is -0.473 e. The minimum absolute atomic E-state index is 0.0180. The molecule has 0 unspecified atom stereocenters. The van der Waals surface area contributed by atoms with Gasteiger partial charge in [0.05, 0.1) is 21.0 Å². The first-order valence-electron chi connectivity index (χ1n) is 13.2. The Balaban J connectivity index is 2.16. The first kappa shape index (κ1) is 14.7. The molecule has 32 heavy (non-hydrogen) atoms. The molecule has 0 radical (unpaired) electrons. The van der Waals surface area contributed by atoms with Crippen LogP contribution < -0.4 is 18.9 Å². The smallest absolute Gasteiger partial charge is 0.316 e. The molecule has 0 amide bonds. The summed E-state index contributed by atoms with van der Waals surface area (Å²) in [6.45, 7) is -2.07. The fraction of sp³-hybridized carbons (Fsp3) is 0.263. The lowest BCUT2D eigenvalue weighted by Crippen LogP contribution is -2.31. The van der Waals surface area contributed by atoms with Gasteiger partial charge in [0.15, 0.2) is 5.82 Å². The summed E-state index contributed by atoms with van der Waals surface area (Å²) in [4.78, 5) is 14.8. The van der Waals surface area contributed by atoms with Crippen LogP contribution in [0.3, 0.4) is 0 Å². The normalized spacial score (nSPS) is 15.7. The van der Waals surface area contributed by atoms with Gasteiger partial charge in [0.2, 0.25) is 5.88 Å². The molecule has 0 spiro atoms. The van der Waals surface area contributed by atoms with Crippen molar-refractivity contribution in [2.45, 2.75) is 13.3 Å². The van der Waals surface area contributed by atoms with E-state index in [-0.39, 0.29) is 15.5 Å². The molecule has 170 valence electrons. The van der Waals surface area contributed by atoms with Crippen molar-refractivity contribution >= 4 is 47.9 Å². The van der Waals surface area contributed by atoms with Crippen molar-refractivity contribution in [1.82, 2.24) is 24.7 Å². The maximum Gasteiger partial charge on any atom is 0.316 e. The second-order valence-electron chi connectivity index (χ2n) is 5.62. The Labute approximate surface area is 215 Å². The Morgan fingerprint density at radius 1 is 1.06 bits per heavy atom. The highest BCUT2D eigenvalue weighted by atomic mass is 79.9. The van der Waals surface area contributed by atoms with Crippen molar-refractivity contribution in [3.05, 3.63) is 51.8 Å². The molecule has 0 atom stereocenters. The van der Waals surface area contributed by atoms with Gasteiger partial charge >= 0.3 is 6.01 Å². The molecule has 2 aromatic heterocycles. The number of halogens is 2. The molecule has 0 aliphatic heterocycles. The molecule has 1 aromatic carbocycles. The summed E-state index contributed by atoms with van der Waals surface area (Å²) in [7, 11) is -4.35. The molecule has 0 aliphatic rings. The standard InChI is InChI=1S/C19H20Br2N6O4S/c1-2-7-26-32(28,29)27-17-16(13-3-5-14(20)6-4-13)18(25-12-24-17)30-8-9-31-19-22-10-15(21)11-23-19/h3-6,10-12,26H,2,7-9H2,1H3,(H,24,25,27)/i3D,4D,5D,6D,8D2,10D,11D,12D. The molecule has 13 heteroatoms. The van der Waals surface area contributed by atoms with Crippen LogP contribution in [0, 0.1) is 0 Å². The molecule has 0 saturated carbocycles. The molecule has 0 saturated heterocycles. The van der Waals surface area contributed by atoms with Gasteiger partial charge in [-0.15, -0.1) is 0 Å². The van der Waals surface area contributed by atoms with E-state index in [9.17, 15) is 8.42 Å². The molecular formula is C19H20Br2N6O4S. The average molecular weight is 597 g/mol. The van der Waals surface area contributed by atoms with Gasteiger partial charge in [-0.25, -0.2) is 19.9 Å². The monoisotopic (exact) mass is 595 g/mol. The van der Waals surface area contributed by atoms with E-state index in [0.717, 1.165) is 0 Å². The summed E-state index contributed by atoms with van der Waals surface area (Å²) in [5.41, 5.74) is -1.13. The highest BCUT2D eigenvalue weighted by Crippen LogP contribution is 2.34. The zero-order valence-corrected chi connectivity index (χ0v) is 20.2. The molecule has 3 aromatic rings. The topological polar surface area (TPSA) is 128 Å². The van der Waals surface area contributed by atoms with Crippen molar-refractivity contribution in [2.75, 3.05) is 24.4 Å². The molecule has 2 heterocycles. The third-order valence-electron chi connectivity index (χ3n) is 3.31. The lowest BCUT2D eigenvalue weighted by Gasteiger charge is -2.15. The van der Waals surface area contributed by atoms with Gasteiger partial charge in [-0.2, -0.15) is 13.1 Å². The van der Waals surface area contributed by atoms with Crippen molar-refractivity contribution in [1.29, 1.82) is 0 Å². The summed E-state index contributed by atoms with van der Waals surface area (Å²) < 4.78 is 113. The van der Waals surface area contributed by atoms with Crippen LogP contribution in [-0.4, -0.2) is 48.1 Å². The van der Waals surface area contributed by atoms with E-state index in [0.29, 0.717) is 6.42 Å². The number of benzene rings is 1. The van der Waals surface area contributed by atoms with E-state index in [4.69, 9.17) is 21.8 Å². The fourth-order valence-electron chi connectivity index (χ4n) is 2.03. The molecule has 0 aliphatic carbocycles.